The third-order valence-electron chi connectivity index (χ3n) is 7.82. The summed E-state index contributed by atoms with van der Waals surface area (Å²) in [6.45, 7) is 19.7. The molecule has 1 aliphatic heterocycles. The summed E-state index contributed by atoms with van der Waals surface area (Å²) in [6.07, 6.45) is -1.52. The molecule has 1 amide bonds. The maximum atomic E-state index is 14.4. The Morgan fingerprint density at radius 1 is 1.19 bits per heavy atom. The lowest BCUT2D eigenvalue weighted by atomic mass is 9.93. The largest absolute Gasteiger partial charge is 0.444 e. The van der Waals surface area contributed by atoms with Gasteiger partial charge in [0.25, 0.3) is 0 Å². The lowest BCUT2D eigenvalue weighted by Crippen LogP contribution is -2.55. The number of aliphatic hydroxyl groups is 1. The van der Waals surface area contributed by atoms with Gasteiger partial charge in [0.2, 0.25) is 0 Å². The van der Waals surface area contributed by atoms with Gasteiger partial charge < -0.3 is 14.7 Å². The van der Waals surface area contributed by atoms with Crippen LogP contribution in [-0.2, 0) is 4.74 Å². The average Bonchev–Trinajstić information content (AvgIpc) is 3.16. The molecule has 1 fully saturated rings. The molecule has 1 aromatic heterocycles. The van der Waals surface area contributed by atoms with Crippen molar-refractivity contribution in [2.24, 2.45) is 0 Å². The number of ether oxygens (including phenoxy) is 1. The fraction of sp³-hybridized carbons (Fsp3) is 0.714. The summed E-state index contributed by atoms with van der Waals surface area (Å²) in [5.41, 5.74) is 2.60. The number of likely N-dealkylation sites (tertiary alicyclic amines) is 1. The van der Waals surface area contributed by atoms with E-state index in [1.165, 1.54) is 4.63 Å². The van der Waals surface area contributed by atoms with Crippen LogP contribution in [-0.4, -0.2) is 53.5 Å². The van der Waals surface area contributed by atoms with Crippen molar-refractivity contribution in [2.45, 2.75) is 122 Å². The van der Waals surface area contributed by atoms with Gasteiger partial charge >= 0.3 is 6.09 Å². The molecule has 0 radical (unpaired) electrons. The molecule has 8 heteroatoms. The molecule has 36 heavy (non-hydrogen) atoms. The minimum Gasteiger partial charge on any atom is -0.444 e. The number of piperidine rings is 1. The molecule has 1 aromatic carbocycles. The summed E-state index contributed by atoms with van der Waals surface area (Å²) in [4.78, 5) is 19.7. The number of fused-ring (bicyclic) bond motifs is 1. The number of nitrogens with zero attached hydrogens (tertiary/aromatic N) is 2. The number of aromatic nitrogens is 1. The highest BCUT2D eigenvalue weighted by Gasteiger charge is 2.47. The minimum absolute atomic E-state index is 0.207. The molecule has 5 nitrogen and oxygen atoms in total. The van der Waals surface area contributed by atoms with Crippen LogP contribution in [0.25, 0.3) is 10.2 Å². The van der Waals surface area contributed by atoms with E-state index in [1.807, 2.05) is 32.9 Å². The molecule has 0 saturated carbocycles. The monoisotopic (exact) mass is 536 g/mol. The Balaban J connectivity index is 1.96. The normalized spacial score (nSPS) is 20.6. The third-order valence-corrected chi connectivity index (χ3v) is 16.6. The summed E-state index contributed by atoms with van der Waals surface area (Å²) >= 11 is 1.77. The number of para-hydroxylation sites is 1. The maximum absolute atomic E-state index is 14.4. The second-order valence-corrected chi connectivity index (χ2v) is 19.5. The van der Waals surface area contributed by atoms with Crippen LogP contribution in [0.3, 0.4) is 0 Å². The topological polar surface area (TPSA) is 62.7 Å². The zero-order valence-electron chi connectivity index (χ0n) is 23.5. The number of hydrogen-bond acceptors (Lipinski definition) is 5. The molecule has 0 aliphatic carbocycles. The van der Waals surface area contributed by atoms with E-state index in [0.717, 1.165) is 15.8 Å². The molecule has 1 N–H and O–H groups in total. The van der Waals surface area contributed by atoms with Crippen molar-refractivity contribution >= 4 is 40.4 Å². The Hall–Kier alpha value is -1.51. The zero-order chi connectivity index (χ0) is 27.0. The molecule has 3 atom stereocenters. The fourth-order valence-corrected chi connectivity index (χ4v) is 16.0. The number of rotatable bonds is 7. The van der Waals surface area contributed by atoms with Crippen LogP contribution in [0.15, 0.2) is 18.2 Å². The molecule has 3 rings (SSSR count). The van der Waals surface area contributed by atoms with Crippen molar-refractivity contribution < 1.29 is 19.0 Å². The minimum atomic E-state index is -1.94. The van der Waals surface area contributed by atoms with Crippen LogP contribution >= 0.6 is 11.3 Å². The van der Waals surface area contributed by atoms with Crippen molar-refractivity contribution in [2.75, 3.05) is 6.54 Å². The average molecular weight is 537 g/mol. The summed E-state index contributed by atoms with van der Waals surface area (Å²) in [5, 5.41) is 11.4. The van der Waals surface area contributed by atoms with Crippen molar-refractivity contribution in [3.8, 4) is 0 Å². The molecule has 2 aromatic rings. The standard InChI is InChI=1S/C28H45FN2O3SSi/c1-17(2)36(18(3)4,19(5)6)26-30-25-22(11-10-12-24(25)35-26)23(32)16-21-15-20(29)13-14-31(21)27(33)34-28(7,8)9/h10-12,17-21,23,32H,13-16H2,1-9H3/t20-,21+,23+/m0/s1. The molecular weight excluding hydrogens is 491 g/mol. The SMILES string of the molecule is CC(C)[Si](c1nc2c([C@H](O)C[C@H]3C[C@@H](F)CCN3C(=O)OC(C)(C)C)cccc2s1)(C(C)C)C(C)C. The lowest BCUT2D eigenvalue weighted by molar-refractivity contribution is -0.00657. The van der Waals surface area contributed by atoms with Gasteiger partial charge in [-0.2, -0.15) is 0 Å². The first-order chi connectivity index (χ1) is 16.7. The van der Waals surface area contributed by atoms with Gasteiger partial charge in [-0.25, -0.2) is 14.2 Å². The number of carbonyl (C=O) groups excluding carboxylic acids is 1. The Kier molecular flexibility index (Phi) is 8.94. The number of benzene rings is 1. The highest BCUT2D eigenvalue weighted by atomic mass is 32.1. The van der Waals surface area contributed by atoms with Gasteiger partial charge in [0, 0.05) is 18.2 Å². The number of halogens is 1. The highest BCUT2D eigenvalue weighted by Crippen LogP contribution is 2.43. The summed E-state index contributed by atoms with van der Waals surface area (Å²) < 4.78 is 22.3. The molecule has 202 valence electrons. The van der Waals surface area contributed by atoms with Gasteiger partial charge in [0.05, 0.1) is 21.0 Å². The first kappa shape index (κ1) is 29.0. The van der Waals surface area contributed by atoms with E-state index in [2.05, 4.69) is 47.6 Å². The van der Waals surface area contributed by atoms with Crippen molar-refractivity contribution in [3.63, 3.8) is 0 Å². The van der Waals surface area contributed by atoms with Crippen LogP contribution in [0.5, 0.6) is 0 Å². The Bertz CT molecular complexity index is 1030. The van der Waals surface area contributed by atoms with Crippen LogP contribution < -0.4 is 4.63 Å². The number of carbonyl (C=O) groups is 1. The first-order valence-corrected chi connectivity index (χ1v) is 16.4. The van der Waals surface area contributed by atoms with Crippen LogP contribution in [0.2, 0.25) is 16.6 Å². The van der Waals surface area contributed by atoms with Crippen molar-refractivity contribution in [1.82, 2.24) is 9.88 Å². The van der Waals surface area contributed by atoms with E-state index in [1.54, 1.807) is 16.2 Å². The number of hydrogen-bond donors (Lipinski definition) is 1. The predicted molar refractivity (Wildman–Crippen MR) is 151 cm³/mol. The van der Waals surface area contributed by atoms with Crippen molar-refractivity contribution in [3.05, 3.63) is 23.8 Å². The van der Waals surface area contributed by atoms with E-state index < -0.39 is 38.1 Å². The maximum Gasteiger partial charge on any atom is 0.410 e. The highest BCUT2D eigenvalue weighted by molar-refractivity contribution is 7.31. The molecule has 1 aliphatic rings. The van der Waals surface area contributed by atoms with E-state index in [4.69, 9.17) is 9.72 Å². The third kappa shape index (κ3) is 5.81. The summed E-state index contributed by atoms with van der Waals surface area (Å²) in [6, 6.07) is 5.55. The number of amides is 1. The van der Waals surface area contributed by atoms with Crippen LogP contribution in [0.4, 0.5) is 9.18 Å². The van der Waals surface area contributed by atoms with Crippen LogP contribution in [0, 0.1) is 0 Å². The number of aliphatic hydroxyl groups excluding tert-OH is 1. The smallest absolute Gasteiger partial charge is 0.410 e. The zero-order valence-corrected chi connectivity index (χ0v) is 25.3. The molecular formula is C28H45FN2O3SSi. The molecule has 0 spiro atoms. The lowest BCUT2D eigenvalue weighted by Gasteiger charge is -2.41. The number of alkyl halides is 1. The first-order valence-electron chi connectivity index (χ1n) is 13.4. The van der Waals surface area contributed by atoms with Gasteiger partial charge in [-0.05, 0) is 62.7 Å². The van der Waals surface area contributed by atoms with E-state index in [9.17, 15) is 14.3 Å². The van der Waals surface area contributed by atoms with Gasteiger partial charge in [-0.3, -0.25) is 0 Å². The Morgan fingerprint density at radius 3 is 2.36 bits per heavy atom. The van der Waals surface area contributed by atoms with Gasteiger partial charge in [-0.1, -0.05) is 53.7 Å². The predicted octanol–water partition coefficient (Wildman–Crippen LogP) is 7.34. The number of thiazole rings is 1. The summed E-state index contributed by atoms with van der Waals surface area (Å²) in [7, 11) is -1.94. The van der Waals surface area contributed by atoms with Gasteiger partial charge in [-0.15, -0.1) is 11.3 Å². The Morgan fingerprint density at radius 2 is 1.81 bits per heavy atom. The van der Waals surface area contributed by atoms with Gasteiger partial charge in [0.15, 0.2) is 0 Å². The quantitative estimate of drug-likeness (QED) is 0.376. The second-order valence-electron chi connectivity index (χ2n) is 12.3. The van der Waals surface area contributed by atoms with Gasteiger partial charge in [0.1, 0.15) is 19.8 Å². The Labute approximate surface area is 221 Å². The summed E-state index contributed by atoms with van der Waals surface area (Å²) in [5.74, 6) is 0. The molecule has 2 heterocycles. The molecule has 1 saturated heterocycles. The fourth-order valence-electron chi connectivity index (χ4n) is 6.34. The van der Waals surface area contributed by atoms with E-state index >= 15 is 0 Å². The molecule has 0 bridgehead atoms. The second kappa shape index (κ2) is 11.1. The van der Waals surface area contributed by atoms with Crippen LogP contribution in [0.1, 0.15) is 93.2 Å². The molecule has 0 unspecified atom stereocenters. The van der Waals surface area contributed by atoms with E-state index in [-0.39, 0.29) is 12.8 Å². The van der Waals surface area contributed by atoms with E-state index in [0.29, 0.717) is 29.6 Å². The van der Waals surface area contributed by atoms with Crippen molar-refractivity contribution in [1.29, 1.82) is 0 Å².